The molecule has 5 nitrogen and oxygen atoms in total. The van der Waals surface area contributed by atoms with Crippen molar-refractivity contribution in [3.63, 3.8) is 0 Å². The SMILES string of the molecule is C/C(N)=C1\c2cc(C)ccc2NC(=O)N1N.CC. The highest BCUT2D eigenvalue weighted by atomic mass is 16.2. The molecule has 0 bridgehead atoms. The van der Waals surface area contributed by atoms with Gasteiger partial charge in [0, 0.05) is 11.3 Å². The molecule has 0 fully saturated rings. The first kappa shape index (κ1) is 14.1. The molecule has 0 aliphatic carbocycles. The standard InChI is InChI=1S/C11H14N4O.C2H6/c1-6-3-4-9-8(5-6)10(7(2)12)15(13)11(16)14-9;1-2/h3-5H,12-13H2,1-2H3,(H,14,16);1-2H3/b10-7-;. The fourth-order valence-corrected chi connectivity index (χ4v) is 1.77. The van der Waals surface area contributed by atoms with E-state index in [0.29, 0.717) is 11.4 Å². The summed E-state index contributed by atoms with van der Waals surface area (Å²) in [6, 6.07) is 5.34. The van der Waals surface area contributed by atoms with Gasteiger partial charge in [0.05, 0.1) is 11.4 Å². The number of carbonyl (C=O) groups excluding carboxylic acids is 1. The van der Waals surface area contributed by atoms with E-state index in [0.717, 1.165) is 21.8 Å². The van der Waals surface area contributed by atoms with Gasteiger partial charge in [0.25, 0.3) is 0 Å². The molecule has 2 amide bonds. The normalized spacial score (nSPS) is 16.3. The molecule has 0 saturated heterocycles. The zero-order chi connectivity index (χ0) is 13.9. The first-order chi connectivity index (χ1) is 8.50. The Balaban J connectivity index is 0.000000771. The zero-order valence-electron chi connectivity index (χ0n) is 11.2. The van der Waals surface area contributed by atoms with E-state index >= 15 is 0 Å². The van der Waals surface area contributed by atoms with Crippen LogP contribution in [0.15, 0.2) is 23.9 Å². The van der Waals surface area contributed by atoms with Crippen LogP contribution < -0.4 is 16.9 Å². The number of carbonyl (C=O) groups is 1. The molecule has 0 unspecified atom stereocenters. The topological polar surface area (TPSA) is 84.4 Å². The van der Waals surface area contributed by atoms with Crippen molar-refractivity contribution in [3.05, 3.63) is 35.0 Å². The van der Waals surface area contributed by atoms with Crippen molar-refractivity contribution in [2.45, 2.75) is 27.7 Å². The van der Waals surface area contributed by atoms with Gasteiger partial charge in [0.2, 0.25) is 0 Å². The van der Waals surface area contributed by atoms with Gasteiger partial charge in [-0.2, -0.15) is 0 Å². The number of urea groups is 1. The third kappa shape index (κ3) is 2.46. The van der Waals surface area contributed by atoms with E-state index in [9.17, 15) is 4.79 Å². The summed E-state index contributed by atoms with van der Waals surface area (Å²) in [4.78, 5) is 11.6. The maximum atomic E-state index is 11.6. The fourth-order valence-electron chi connectivity index (χ4n) is 1.77. The number of hydrogen-bond acceptors (Lipinski definition) is 3. The lowest BCUT2D eigenvalue weighted by atomic mass is 10.0. The number of nitrogens with zero attached hydrogens (tertiary/aromatic N) is 1. The maximum absolute atomic E-state index is 11.6. The monoisotopic (exact) mass is 248 g/mol. The van der Waals surface area contributed by atoms with Crippen molar-refractivity contribution in [2.24, 2.45) is 11.6 Å². The number of benzene rings is 1. The Morgan fingerprint density at radius 1 is 1.33 bits per heavy atom. The molecule has 1 aromatic rings. The minimum atomic E-state index is -0.379. The Kier molecular flexibility index (Phi) is 4.33. The highest BCUT2D eigenvalue weighted by Gasteiger charge is 2.26. The van der Waals surface area contributed by atoms with Crippen LogP contribution in [-0.4, -0.2) is 11.0 Å². The molecular formula is C13H20N4O. The van der Waals surface area contributed by atoms with Crippen LogP contribution in [0.25, 0.3) is 5.70 Å². The number of amides is 2. The summed E-state index contributed by atoms with van der Waals surface area (Å²) >= 11 is 0. The molecule has 98 valence electrons. The van der Waals surface area contributed by atoms with Crippen molar-refractivity contribution >= 4 is 17.4 Å². The van der Waals surface area contributed by atoms with E-state index < -0.39 is 0 Å². The molecule has 1 heterocycles. The van der Waals surface area contributed by atoms with Crippen LogP contribution in [0.2, 0.25) is 0 Å². The fraction of sp³-hybridized carbons (Fsp3) is 0.308. The molecule has 2 rings (SSSR count). The Morgan fingerprint density at radius 2 is 1.94 bits per heavy atom. The summed E-state index contributed by atoms with van der Waals surface area (Å²) in [7, 11) is 0. The number of hydrazine groups is 1. The van der Waals surface area contributed by atoms with Gasteiger partial charge in [0.1, 0.15) is 0 Å². The molecule has 0 radical (unpaired) electrons. The highest BCUT2D eigenvalue weighted by Crippen LogP contribution is 2.31. The second-order valence-corrected chi connectivity index (χ2v) is 3.88. The lowest BCUT2D eigenvalue weighted by Gasteiger charge is -2.29. The first-order valence-electron chi connectivity index (χ1n) is 5.94. The van der Waals surface area contributed by atoms with Gasteiger partial charge in [0.15, 0.2) is 0 Å². The average Bonchev–Trinajstić information content (AvgIpc) is 2.33. The lowest BCUT2D eigenvalue weighted by Crippen LogP contribution is -2.43. The number of rotatable bonds is 0. The van der Waals surface area contributed by atoms with Crippen LogP contribution in [0.1, 0.15) is 31.9 Å². The number of hydrogen-bond donors (Lipinski definition) is 3. The average molecular weight is 248 g/mol. The predicted molar refractivity (Wildman–Crippen MR) is 74.4 cm³/mol. The summed E-state index contributed by atoms with van der Waals surface area (Å²) in [5, 5.41) is 3.73. The van der Waals surface area contributed by atoms with Gasteiger partial charge >= 0.3 is 6.03 Å². The molecule has 5 heteroatoms. The van der Waals surface area contributed by atoms with Crippen LogP contribution >= 0.6 is 0 Å². The van der Waals surface area contributed by atoms with Gasteiger partial charge in [-0.05, 0) is 26.0 Å². The minimum Gasteiger partial charge on any atom is -0.401 e. The number of aryl methyl sites for hydroxylation is 1. The molecule has 18 heavy (non-hydrogen) atoms. The van der Waals surface area contributed by atoms with Gasteiger partial charge < -0.3 is 11.1 Å². The molecule has 0 atom stereocenters. The quantitative estimate of drug-likeness (QED) is 0.487. The predicted octanol–water partition coefficient (Wildman–Crippen LogP) is 2.39. The van der Waals surface area contributed by atoms with Crippen molar-refractivity contribution in [2.75, 3.05) is 5.32 Å². The molecule has 1 aliphatic heterocycles. The summed E-state index contributed by atoms with van der Waals surface area (Å²) < 4.78 is 0. The Hall–Kier alpha value is -2.01. The number of nitrogens with one attached hydrogen (secondary N) is 1. The third-order valence-corrected chi connectivity index (χ3v) is 2.51. The Labute approximate surface area is 107 Å². The van der Waals surface area contributed by atoms with E-state index in [4.69, 9.17) is 11.6 Å². The molecular weight excluding hydrogens is 228 g/mol. The van der Waals surface area contributed by atoms with Gasteiger partial charge in [-0.25, -0.2) is 15.6 Å². The summed E-state index contributed by atoms with van der Waals surface area (Å²) in [5.74, 6) is 5.67. The van der Waals surface area contributed by atoms with Crippen molar-refractivity contribution in [1.29, 1.82) is 0 Å². The number of nitrogens with two attached hydrogens (primary N) is 2. The van der Waals surface area contributed by atoms with Crippen LogP contribution in [0.3, 0.4) is 0 Å². The summed E-state index contributed by atoms with van der Waals surface area (Å²) in [6.07, 6.45) is 0. The Bertz CT molecular complexity index is 490. The maximum Gasteiger partial charge on any atom is 0.340 e. The van der Waals surface area contributed by atoms with E-state index in [-0.39, 0.29) is 6.03 Å². The number of allylic oxidation sites excluding steroid dienone is 1. The zero-order valence-corrected chi connectivity index (χ0v) is 11.2. The third-order valence-electron chi connectivity index (χ3n) is 2.51. The second kappa shape index (κ2) is 5.55. The van der Waals surface area contributed by atoms with Crippen molar-refractivity contribution in [1.82, 2.24) is 5.01 Å². The largest absolute Gasteiger partial charge is 0.401 e. The molecule has 1 aromatic carbocycles. The van der Waals surface area contributed by atoms with E-state index in [1.54, 1.807) is 6.92 Å². The summed E-state index contributed by atoms with van der Waals surface area (Å²) in [6.45, 7) is 7.70. The second-order valence-electron chi connectivity index (χ2n) is 3.88. The number of fused-ring (bicyclic) bond motifs is 1. The van der Waals surface area contributed by atoms with Crippen LogP contribution in [0, 0.1) is 6.92 Å². The van der Waals surface area contributed by atoms with E-state index in [2.05, 4.69) is 5.32 Å². The molecule has 5 N–H and O–H groups in total. The smallest absolute Gasteiger partial charge is 0.340 e. The van der Waals surface area contributed by atoms with Crippen LogP contribution in [0.5, 0.6) is 0 Å². The summed E-state index contributed by atoms with van der Waals surface area (Å²) in [5.41, 5.74) is 9.51. The lowest BCUT2D eigenvalue weighted by molar-refractivity contribution is 0.231. The van der Waals surface area contributed by atoms with E-state index in [1.807, 2.05) is 39.0 Å². The van der Waals surface area contributed by atoms with Crippen LogP contribution in [0.4, 0.5) is 10.5 Å². The first-order valence-corrected chi connectivity index (χ1v) is 5.94. The van der Waals surface area contributed by atoms with Crippen molar-refractivity contribution in [3.8, 4) is 0 Å². The Morgan fingerprint density at radius 3 is 2.50 bits per heavy atom. The molecule has 0 spiro atoms. The molecule has 1 aliphatic rings. The minimum absolute atomic E-state index is 0.379. The molecule has 0 aromatic heterocycles. The van der Waals surface area contributed by atoms with Gasteiger partial charge in [-0.1, -0.05) is 25.5 Å². The van der Waals surface area contributed by atoms with Gasteiger partial charge in [-0.15, -0.1) is 0 Å². The van der Waals surface area contributed by atoms with E-state index in [1.165, 1.54) is 0 Å². The van der Waals surface area contributed by atoms with Gasteiger partial charge in [-0.3, -0.25) is 0 Å². The number of anilines is 1. The van der Waals surface area contributed by atoms with Crippen LogP contribution in [-0.2, 0) is 0 Å². The molecule has 0 saturated carbocycles. The highest BCUT2D eigenvalue weighted by molar-refractivity contribution is 6.02. The van der Waals surface area contributed by atoms with Crippen molar-refractivity contribution < 1.29 is 4.79 Å².